The van der Waals surface area contributed by atoms with Gasteiger partial charge in [-0.25, -0.2) is 0 Å². The second kappa shape index (κ2) is 20.2. The summed E-state index contributed by atoms with van der Waals surface area (Å²) in [6.45, 7) is 13.2. The topological polar surface area (TPSA) is 27.7 Å². The van der Waals surface area contributed by atoms with Crippen LogP contribution in [0, 0.1) is 11.8 Å². The fourth-order valence-corrected chi connectivity index (χ4v) is 19.0. The van der Waals surface area contributed by atoms with E-state index in [9.17, 15) is 0 Å². The molecule has 5 heteroatoms. The van der Waals surface area contributed by atoms with Crippen molar-refractivity contribution in [3.05, 3.63) is 0 Å². The average Bonchev–Trinajstić information content (AvgIpc) is 2.64. The van der Waals surface area contributed by atoms with Crippen molar-refractivity contribution in [2.24, 2.45) is 11.8 Å². The number of unbranched alkanes of at least 4 members (excludes halogenated alkanes) is 5. The van der Waals surface area contributed by atoms with Gasteiger partial charge in [0, 0.05) is 0 Å². The van der Waals surface area contributed by atoms with Crippen LogP contribution in [0.15, 0.2) is 0 Å². The van der Waals surface area contributed by atoms with Crippen molar-refractivity contribution in [3.63, 3.8) is 0 Å². The molecule has 152 valence electrons. The van der Waals surface area contributed by atoms with E-state index in [1.54, 1.807) is 0 Å². The molecule has 3 nitrogen and oxygen atoms in total. The van der Waals surface area contributed by atoms with Crippen molar-refractivity contribution in [2.45, 2.75) is 103 Å². The van der Waals surface area contributed by atoms with E-state index < -0.39 is 42.6 Å². The van der Waals surface area contributed by atoms with Gasteiger partial charge in [0.05, 0.1) is 0 Å². The fourth-order valence-electron chi connectivity index (χ4n) is 2.94. The minimum atomic E-state index is -2.25. The Balaban J connectivity index is 4.05. The van der Waals surface area contributed by atoms with E-state index in [1.165, 1.54) is 68.6 Å². The summed E-state index contributed by atoms with van der Waals surface area (Å²) in [5, 5.41) is 0. The third-order valence-corrected chi connectivity index (χ3v) is 21.8. The molecule has 0 heterocycles. The second-order valence-electron chi connectivity index (χ2n) is 7.34. The van der Waals surface area contributed by atoms with Crippen molar-refractivity contribution < 1.29 is 7.56 Å². The third kappa shape index (κ3) is 16.2. The van der Waals surface area contributed by atoms with E-state index >= 15 is 0 Å². The van der Waals surface area contributed by atoms with Gasteiger partial charge in [0.2, 0.25) is 0 Å². The molecule has 1 atom stereocenters. The zero-order valence-corrected chi connectivity index (χ0v) is 25.2. The standard InChI is InChI=1S/C8H17.2C6H13O.O.2Sn.3H/c1-3-5-7-8-6-4-2;2*1-3-6(4-2)5-7;;;;;;/h1,3-8H2,2H3;2*6H,3-5H2,1-2H3;;;;;;/q;2*-1;;2*+1;;;. The average molecular weight is 572 g/mol. The zero-order valence-electron chi connectivity index (χ0n) is 17.9. The van der Waals surface area contributed by atoms with Crippen LogP contribution >= 0.6 is 0 Å². The zero-order chi connectivity index (χ0) is 18.8. The predicted molar refractivity (Wildman–Crippen MR) is 115 cm³/mol. The van der Waals surface area contributed by atoms with Gasteiger partial charge in [-0.15, -0.1) is 0 Å². The van der Waals surface area contributed by atoms with E-state index in [4.69, 9.17) is 7.56 Å². The molecule has 0 bridgehead atoms. The van der Waals surface area contributed by atoms with Gasteiger partial charge in [-0.2, -0.15) is 0 Å². The van der Waals surface area contributed by atoms with Crippen molar-refractivity contribution in [3.8, 4) is 0 Å². The Bertz CT molecular complexity index is 259. The quantitative estimate of drug-likeness (QED) is 0.152. The molecule has 0 aliphatic carbocycles. The first-order valence-electron chi connectivity index (χ1n) is 11.0. The molecule has 0 aromatic carbocycles. The van der Waals surface area contributed by atoms with Crippen LogP contribution in [0.3, 0.4) is 0 Å². The van der Waals surface area contributed by atoms with Crippen LogP contribution in [0.4, 0.5) is 0 Å². The van der Waals surface area contributed by atoms with Gasteiger partial charge in [0.15, 0.2) is 0 Å². The van der Waals surface area contributed by atoms with Crippen molar-refractivity contribution in [1.82, 2.24) is 0 Å². The Morgan fingerprint density at radius 3 is 1.88 bits per heavy atom. The summed E-state index contributed by atoms with van der Waals surface area (Å²) in [4.78, 5) is 0. The maximum absolute atomic E-state index is 6.33. The molecule has 0 spiro atoms. The van der Waals surface area contributed by atoms with Gasteiger partial charge in [-0.1, -0.05) is 0 Å². The van der Waals surface area contributed by atoms with Crippen LogP contribution in [0.2, 0.25) is 4.44 Å². The molecule has 0 rings (SSSR count). The molecule has 25 heavy (non-hydrogen) atoms. The second-order valence-corrected chi connectivity index (χ2v) is 21.6. The maximum atomic E-state index is 6.33. The first kappa shape index (κ1) is 26.5. The Morgan fingerprint density at radius 1 is 0.720 bits per heavy atom. The SMILES string of the molecule is CCCCCCC[CH2][SnH]([O]CC(CC)CC)[O][SnH2][O]CC(CC)CC. The van der Waals surface area contributed by atoms with Crippen LogP contribution in [0.25, 0.3) is 0 Å². The molecule has 0 amide bonds. The first-order chi connectivity index (χ1) is 12.2. The minimum absolute atomic E-state index is 0.716. The molecule has 0 radical (unpaired) electrons. The first-order valence-corrected chi connectivity index (χ1v) is 19.3. The molecule has 1 unspecified atom stereocenters. The molecule has 0 N–H and O–H groups in total. The third-order valence-electron chi connectivity index (χ3n) is 5.31. The van der Waals surface area contributed by atoms with Crippen molar-refractivity contribution in [1.29, 1.82) is 0 Å². The van der Waals surface area contributed by atoms with E-state index in [0.29, 0.717) is 5.92 Å². The van der Waals surface area contributed by atoms with Crippen LogP contribution in [-0.2, 0) is 7.56 Å². The molecule has 0 saturated heterocycles. The number of hydrogen-bond donors (Lipinski definition) is 0. The van der Waals surface area contributed by atoms with Gasteiger partial charge >= 0.3 is 178 Å². The Kier molecular flexibility index (Phi) is 21.4. The van der Waals surface area contributed by atoms with Crippen molar-refractivity contribution >= 4 is 42.6 Å². The van der Waals surface area contributed by atoms with Crippen LogP contribution in [-0.4, -0.2) is 55.8 Å². The van der Waals surface area contributed by atoms with E-state index in [-0.39, 0.29) is 0 Å². The predicted octanol–water partition coefficient (Wildman–Crippen LogP) is 5.49. The summed E-state index contributed by atoms with van der Waals surface area (Å²) < 4.78 is 19.9. The van der Waals surface area contributed by atoms with Crippen LogP contribution < -0.4 is 0 Å². The molecular weight excluding hydrogens is 526 g/mol. The van der Waals surface area contributed by atoms with E-state index in [0.717, 1.165) is 19.1 Å². The van der Waals surface area contributed by atoms with E-state index in [1.807, 2.05) is 0 Å². The van der Waals surface area contributed by atoms with Gasteiger partial charge < -0.3 is 0 Å². The Labute approximate surface area is 177 Å². The molecular formula is C20H46O3Sn2. The van der Waals surface area contributed by atoms with Gasteiger partial charge in [-0.3, -0.25) is 0 Å². The fraction of sp³-hybridized carbons (Fsp3) is 1.00. The van der Waals surface area contributed by atoms with E-state index in [2.05, 4.69) is 34.6 Å². The molecule has 0 aromatic heterocycles. The van der Waals surface area contributed by atoms with Gasteiger partial charge in [0.25, 0.3) is 0 Å². The number of rotatable bonds is 19. The van der Waals surface area contributed by atoms with Crippen LogP contribution in [0.5, 0.6) is 0 Å². The van der Waals surface area contributed by atoms with Crippen molar-refractivity contribution in [2.75, 3.05) is 13.2 Å². The molecule has 0 fully saturated rings. The molecule has 0 aliphatic rings. The molecule has 0 saturated carbocycles. The normalized spacial score (nSPS) is 13.6. The summed E-state index contributed by atoms with van der Waals surface area (Å²) >= 11 is -3.74. The van der Waals surface area contributed by atoms with Gasteiger partial charge in [0.1, 0.15) is 0 Å². The monoisotopic (exact) mass is 574 g/mol. The number of hydrogen-bond acceptors (Lipinski definition) is 3. The summed E-state index contributed by atoms with van der Waals surface area (Å²) in [5.41, 5.74) is 0. The molecule has 0 aliphatic heterocycles. The van der Waals surface area contributed by atoms with Gasteiger partial charge in [-0.05, 0) is 0 Å². The summed E-state index contributed by atoms with van der Waals surface area (Å²) in [5.74, 6) is 1.44. The Hall–Kier alpha value is 1.48. The summed E-state index contributed by atoms with van der Waals surface area (Å²) in [6, 6.07) is 0. The molecule has 0 aromatic rings. The summed E-state index contributed by atoms with van der Waals surface area (Å²) in [7, 11) is 0. The Morgan fingerprint density at radius 2 is 1.28 bits per heavy atom. The van der Waals surface area contributed by atoms with Crippen LogP contribution in [0.1, 0.15) is 98.8 Å². The summed E-state index contributed by atoms with van der Waals surface area (Å²) in [6.07, 6.45) is 13.0.